The first-order chi connectivity index (χ1) is 4.75. The Morgan fingerprint density at radius 1 is 1.60 bits per heavy atom. The Bertz CT molecular complexity index is 264. The van der Waals surface area contributed by atoms with Gasteiger partial charge in [-0.05, 0) is 22.6 Å². The van der Waals surface area contributed by atoms with Crippen LogP contribution in [-0.2, 0) is 0 Å². The summed E-state index contributed by atoms with van der Waals surface area (Å²) in [6.07, 6.45) is 3.01. The molecule has 0 unspecified atom stereocenters. The highest BCUT2D eigenvalue weighted by molar-refractivity contribution is 14.1. The molecule has 0 bridgehead atoms. The van der Waals surface area contributed by atoms with E-state index in [2.05, 4.69) is 4.98 Å². The summed E-state index contributed by atoms with van der Waals surface area (Å²) in [4.78, 5) is 13.7. The van der Waals surface area contributed by atoms with Crippen molar-refractivity contribution >= 4 is 28.9 Å². The highest BCUT2D eigenvalue weighted by Gasteiger charge is 2.03. The molecule has 0 radical (unpaired) electrons. The Hall–Kier alpha value is -0.520. The van der Waals surface area contributed by atoms with Gasteiger partial charge in [0.1, 0.15) is 5.82 Å². The van der Waals surface area contributed by atoms with Gasteiger partial charge in [-0.2, -0.15) is 0 Å². The second-order valence-corrected chi connectivity index (χ2v) is 2.80. The molecule has 0 aromatic carbocycles. The first-order valence-electron chi connectivity index (χ1n) is 2.50. The molecule has 1 heterocycles. The normalized spacial score (nSPS) is 9.40. The lowest BCUT2D eigenvalue weighted by Crippen LogP contribution is -1.91. The van der Waals surface area contributed by atoms with Crippen molar-refractivity contribution in [3.63, 3.8) is 0 Å². The topological polar surface area (TPSA) is 30.0 Å². The van der Waals surface area contributed by atoms with Crippen LogP contribution in [0.4, 0.5) is 4.39 Å². The molecule has 0 aliphatic carbocycles. The van der Waals surface area contributed by atoms with Crippen LogP contribution in [0.5, 0.6) is 0 Å². The highest BCUT2D eigenvalue weighted by Crippen LogP contribution is 2.10. The first-order valence-corrected chi connectivity index (χ1v) is 3.57. The van der Waals surface area contributed by atoms with Crippen molar-refractivity contribution in [2.24, 2.45) is 0 Å². The largest absolute Gasteiger partial charge is 0.298 e. The molecule has 0 N–H and O–H groups in total. The Morgan fingerprint density at radius 2 is 2.30 bits per heavy atom. The van der Waals surface area contributed by atoms with Crippen LogP contribution >= 0.6 is 22.6 Å². The van der Waals surface area contributed by atoms with Crippen molar-refractivity contribution in [3.05, 3.63) is 27.3 Å². The number of hydrogen-bond acceptors (Lipinski definition) is 2. The molecule has 10 heavy (non-hydrogen) atoms. The van der Waals surface area contributed by atoms with E-state index in [1.165, 1.54) is 12.4 Å². The van der Waals surface area contributed by atoms with Crippen molar-refractivity contribution in [2.75, 3.05) is 0 Å². The minimum Gasteiger partial charge on any atom is -0.298 e. The highest BCUT2D eigenvalue weighted by atomic mass is 127. The maximum absolute atomic E-state index is 12.7. The van der Waals surface area contributed by atoms with E-state index in [1.807, 2.05) is 0 Å². The number of rotatable bonds is 1. The number of carbonyl (C=O) groups excluding carboxylic acids is 1. The zero-order chi connectivity index (χ0) is 7.56. The fraction of sp³-hybridized carbons (Fsp3) is 0. The summed E-state index contributed by atoms with van der Waals surface area (Å²) in [5.74, 6) is -0.495. The smallest absolute Gasteiger partial charge is 0.154 e. The third-order valence-corrected chi connectivity index (χ3v) is 1.74. The predicted molar refractivity (Wildman–Crippen MR) is 42.3 cm³/mol. The van der Waals surface area contributed by atoms with E-state index in [0.717, 1.165) is 0 Å². The number of halogens is 2. The molecule has 0 saturated carbocycles. The van der Waals surface area contributed by atoms with Gasteiger partial charge in [-0.15, -0.1) is 0 Å². The Morgan fingerprint density at radius 3 is 2.80 bits per heavy atom. The monoisotopic (exact) mass is 251 g/mol. The number of aromatic nitrogens is 1. The van der Waals surface area contributed by atoms with Gasteiger partial charge in [-0.3, -0.25) is 9.78 Å². The predicted octanol–water partition coefficient (Wildman–Crippen LogP) is 1.64. The Kier molecular flexibility index (Phi) is 2.31. The molecule has 0 saturated heterocycles. The average Bonchev–Trinajstić information content (AvgIpc) is 1.95. The summed E-state index contributed by atoms with van der Waals surface area (Å²) >= 11 is 1.78. The maximum Gasteiger partial charge on any atom is 0.154 e. The summed E-state index contributed by atoms with van der Waals surface area (Å²) in [5.41, 5.74) is 0.00639. The van der Waals surface area contributed by atoms with Crippen molar-refractivity contribution < 1.29 is 9.18 Å². The maximum atomic E-state index is 12.7. The molecule has 1 rings (SSSR count). The van der Waals surface area contributed by atoms with Gasteiger partial charge in [0.15, 0.2) is 6.29 Å². The van der Waals surface area contributed by atoms with Gasteiger partial charge in [0.05, 0.1) is 9.13 Å². The minimum absolute atomic E-state index is 0.00639. The van der Waals surface area contributed by atoms with Crippen LogP contribution in [0.3, 0.4) is 0 Å². The number of pyridine rings is 1. The lowest BCUT2D eigenvalue weighted by Gasteiger charge is -1.93. The van der Waals surface area contributed by atoms with Crippen molar-refractivity contribution in [1.29, 1.82) is 0 Å². The van der Waals surface area contributed by atoms with Crippen LogP contribution in [-0.4, -0.2) is 11.3 Å². The molecule has 52 valence electrons. The molecule has 4 heteroatoms. The van der Waals surface area contributed by atoms with Crippen LogP contribution in [0.2, 0.25) is 0 Å². The molecule has 0 fully saturated rings. The minimum atomic E-state index is -0.495. The molecule has 1 aromatic rings. The molecule has 1 aromatic heterocycles. The van der Waals surface area contributed by atoms with Gasteiger partial charge in [-0.25, -0.2) is 4.39 Å². The molecule has 0 aliphatic rings. The zero-order valence-electron chi connectivity index (χ0n) is 4.84. The summed E-state index contributed by atoms with van der Waals surface area (Å²) in [7, 11) is 0. The van der Waals surface area contributed by atoms with E-state index in [0.29, 0.717) is 9.86 Å². The van der Waals surface area contributed by atoms with E-state index in [-0.39, 0.29) is 5.56 Å². The van der Waals surface area contributed by atoms with Gasteiger partial charge < -0.3 is 0 Å². The zero-order valence-corrected chi connectivity index (χ0v) is 7.00. The molecular formula is C6H3FINO. The molecular weight excluding hydrogens is 248 g/mol. The molecule has 0 amide bonds. The second kappa shape index (κ2) is 3.05. The van der Waals surface area contributed by atoms with Gasteiger partial charge in [-0.1, -0.05) is 0 Å². The summed E-state index contributed by atoms with van der Waals surface area (Å²) in [5, 5.41) is 0. The van der Waals surface area contributed by atoms with Crippen LogP contribution in [0, 0.1) is 9.39 Å². The molecule has 0 atom stereocenters. The summed E-state index contributed by atoms with van der Waals surface area (Å²) in [6, 6.07) is 0. The van der Waals surface area contributed by atoms with Crippen molar-refractivity contribution in [2.45, 2.75) is 0 Å². The number of carbonyl (C=O) groups is 1. The summed E-state index contributed by atoms with van der Waals surface area (Å²) in [6.45, 7) is 0. The molecule has 2 nitrogen and oxygen atoms in total. The SMILES string of the molecule is O=Cc1cncc(I)c1F. The van der Waals surface area contributed by atoms with E-state index in [4.69, 9.17) is 0 Å². The lowest BCUT2D eigenvalue weighted by molar-refractivity contribution is 0.111. The quantitative estimate of drug-likeness (QED) is 0.561. The van der Waals surface area contributed by atoms with Crippen molar-refractivity contribution in [3.8, 4) is 0 Å². The molecule has 0 aliphatic heterocycles. The number of aldehydes is 1. The fourth-order valence-electron chi connectivity index (χ4n) is 0.516. The first kappa shape index (κ1) is 7.59. The Labute approximate surface area is 70.6 Å². The average molecular weight is 251 g/mol. The van der Waals surface area contributed by atoms with E-state index < -0.39 is 5.82 Å². The third kappa shape index (κ3) is 1.31. The van der Waals surface area contributed by atoms with Gasteiger partial charge in [0, 0.05) is 12.4 Å². The van der Waals surface area contributed by atoms with Gasteiger partial charge in [0.25, 0.3) is 0 Å². The fourth-order valence-corrected chi connectivity index (χ4v) is 0.989. The number of nitrogens with zero attached hydrogens (tertiary/aromatic N) is 1. The standard InChI is InChI=1S/C6H3FINO/c7-6-4(3-10)1-9-2-5(6)8/h1-3H. The van der Waals surface area contributed by atoms with Crippen LogP contribution < -0.4 is 0 Å². The number of hydrogen-bond donors (Lipinski definition) is 0. The van der Waals surface area contributed by atoms with E-state index in [1.54, 1.807) is 22.6 Å². The van der Waals surface area contributed by atoms with Crippen LogP contribution in [0.25, 0.3) is 0 Å². The van der Waals surface area contributed by atoms with Gasteiger partial charge in [0.2, 0.25) is 0 Å². The lowest BCUT2D eigenvalue weighted by atomic mass is 10.3. The van der Waals surface area contributed by atoms with Crippen LogP contribution in [0.15, 0.2) is 12.4 Å². The third-order valence-electron chi connectivity index (χ3n) is 0.992. The molecule has 0 spiro atoms. The van der Waals surface area contributed by atoms with E-state index >= 15 is 0 Å². The summed E-state index contributed by atoms with van der Waals surface area (Å²) < 4.78 is 13.1. The second-order valence-electron chi connectivity index (χ2n) is 1.64. The van der Waals surface area contributed by atoms with Crippen molar-refractivity contribution in [1.82, 2.24) is 4.98 Å². The van der Waals surface area contributed by atoms with E-state index in [9.17, 15) is 9.18 Å². The van der Waals surface area contributed by atoms with Crippen LogP contribution in [0.1, 0.15) is 10.4 Å². The Balaban J connectivity index is 3.27. The van der Waals surface area contributed by atoms with Gasteiger partial charge >= 0.3 is 0 Å².